The lowest BCUT2D eigenvalue weighted by Crippen LogP contribution is -2.48. The minimum absolute atomic E-state index is 0.135. The van der Waals surface area contributed by atoms with Gasteiger partial charge in [-0.25, -0.2) is 8.42 Å². The van der Waals surface area contributed by atoms with E-state index in [1.807, 2.05) is 32.0 Å². The summed E-state index contributed by atoms with van der Waals surface area (Å²) in [4.78, 5) is 15.1. The fourth-order valence-corrected chi connectivity index (χ4v) is 5.90. The van der Waals surface area contributed by atoms with Gasteiger partial charge in [-0.3, -0.25) is 4.79 Å². The predicted octanol–water partition coefficient (Wildman–Crippen LogP) is 3.09. The van der Waals surface area contributed by atoms with Gasteiger partial charge in [-0.15, -0.1) is 0 Å². The van der Waals surface area contributed by atoms with Gasteiger partial charge in [0.15, 0.2) is 0 Å². The van der Waals surface area contributed by atoms with E-state index in [1.54, 1.807) is 24.1 Å². The smallest absolute Gasteiger partial charge is 0.258 e. The molecule has 1 amide bonds. The van der Waals surface area contributed by atoms with E-state index < -0.39 is 10.0 Å². The number of aryl methyl sites for hydroxylation is 1. The van der Waals surface area contributed by atoms with Gasteiger partial charge in [0.2, 0.25) is 10.0 Å². The number of rotatable bonds is 4. The van der Waals surface area contributed by atoms with Gasteiger partial charge < -0.3 is 14.4 Å². The first-order chi connectivity index (χ1) is 14.8. The molecule has 0 bridgehead atoms. The predicted molar refractivity (Wildman–Crippen MR) is 118 cm³/mol. The fraction of sp³-hybridized carbons (Fsp3) is 0.435. The lowest BCUT2D eigenvalue weighted by Gasteiger charge is -2.34. The van der Waals surface area contributed by atoms with E-state index in [2.05, 4.69) is 0 Å². The van der Waals surface area contributed by atoms with Crippen molar-refractivity contribution in [2.75, 3.05) is 31.6 Å². The van der Waals surface area contributed by atoms with Crippen LogP contribution < -0.4 is 9.64 Å². The van der Waals surface area contributed by atoms with Crippen LogP contribution >= 0.6 is 0 Å². The Morgan fingerprint density at radius 3 is 2.39 bits per heavy atom. The molecule has 0 saturated carbocycles. The number of carbonyl (C=O) groups is 1. The maximum Gasteiger partial charge on any atom is 0.258 e. The summed E-state index contributed by atoms with van der Waals surface area (Å²) >= 11 is 0. The Balaban J connectivity index is 1.56. The zero-order valence-electron chi connectivity index (χ0n) is 18.1. The molecule has 2 aromatic rings. The Hall–Kier alpha value is -2.42. The number of sulfonamides is 1. The van der Waals surface area contributed by atoms with Gasteiger partial charge in [0.1, 0.15) is 5.75 Å². The first-order valence-corrected chi connectivity index (χ1v) is 12.0. The number of methoxy groups -OCH3 is 1. The van der Waals surface area contributed by atoms with E-state index in [0.717, 1.165) is 29.8 Å². The molecule has 2 atom stereocenters. The van der Waals surface area contributed by atoms with Crippen molar-refractivity contribution in [1.29, 1.82) is 0 Å². The van der Waals surface area contributed by atoms with Crippen molar-refractivity contribution >= 4 is 21.6 Å². The van der Waals surface area contributed by atoms with Crippen molar-refractivity contribution < 1.29 is 22.7 Å². The second-order valence-corrected chi connectivity index (χ2v) is 10.1. The lowest BCUT2D eigenvalue weighted by molar-refractivity contribution is -0.0440. The van der Waals surface area contributed by atoms with Gasteiger partial charge in [0, 0.05) is 30.9 Å². The number of ether oxygens (including phenoxy) is 2. The van der Waals surface area contributed by atoms with Crippen molar-refractivity contribution in [2.24, 2.45) is 0 Å². The molecule has 2 aliphatic rings. The van der Waals surface area contributed by atoms with Gasteiger partial charge in [0.05, 0.1) is 24.2 Å². The number of morpholine rings is 1. The van der Waals surface area contributed by atoms with Crippen LogP contribution in [0, 0.1) is 0 Å². The molecular weight excluding hydrogens is 416 g/mol. The third-order valence-corrected chi connectivity index (χ3v) is 7.62. The fourth-order valence-electron chi connectivity index (χ4n) is 4.31. The molecule has 31 heavy (non-hydrogen) atoms. The number of fused-ring (bicyclic) bond motifs is 1. The summed E-state index contributed by atoms with van der Waals surface area (Å²) in [5.41, 5.74) is 2.42. The highest BCUT2D eigenvalue weighted by Gasteiger charge is 2.32. The molecule has 2 aliphatic heterocycles. The Morgan fingerprint density at radius 2 is 1.74 bits per heavy atom. The van der Waals surface area contributed by atoms with E-state index in [1.165, 1.54) is 16.4 Å². The molecule has 2 heterocycles. The summed E-state index contributed by atoms with van der Waals surface area (Å²) in [7, 11) is -2.01. The van der Waals surface area contributed by atoms with Crippen LogP contribution in [0.4, 0.5) is 5.69 Å². The largest absolute Gasteiger partial charge is 0.497 e. The second kappa shape index (κ2) is 8.61. The number of benzene rings is 2. The standard InChI is InChI=1S/C23H28N2O5S/c1-16-14-24(15-17(2)30-16)31(27,28)21-9-6-18(7-10-21)23(26)25-12-4-5-19-13-20(29-3)8-11-22(19)25/h6-11,13,16-17H,4-5,12,14-15H2,1-3H3. The van der Waals surface area contributed by atoms with E-state index in [-0.39, 0.29) is 23.0 Å². The summed E-state index contributed by atoms with van der Waals surface area (Å²) in [5, 5.41) is 0. The number of hydrogen-bond donors (Lipinski definition) is 0. The molecule has 1 fully saturated rings. The average Bonchev–Trinajstić information content (AvgIpc) is 2.77. The number of nitrogens with zero attached hydrogens (tertiary/aromatic N) is 2. The lowest BCUT2D eigenvalue weighted by atomic mass is 10.0. The van der Waals surface area contributed by atoms with Crippen LogP contribution in [0.1, 0.15) is 36.2 Å². The SMILES string of the molecule is COc1ccc2c(c1)CCCN2C(=O)c1ccc(S(=O)(=O)N2CC(C)OC(C)C2)cc1. The maximum atomic E-state index is 13.2. The number of anilines is 1. The molecule has 8 heteroatoms. The van der Waals surface area contributed by atoms with E-state index in [4.69, 9.17) is 9.47 Å². The summed E-state index contributed by atoms with van der Waals surface area (Å²) in [6.45, 7) is 5.00. The molecule has 0 aliphatic carbocycles. The number of carbonyl (C=O) groups excluding carboxylic acids is 1. The Morgan fingerprint density at radius 1 is 1.06 bits per heavy atom. The molecule has 7 nitrogen and oxygen atoms in total. The molecule has 2 aromatic carbocycles. The normalized spacial score (nSPS) is 22.1. The van der Waals surface area contributed by atoms with Gasteiger partial charge in [-0.2, -0.15) is 4.31 Å². The van der Waals surface area contributed by atoms with Gasteiger partial charge >= 0.3 is 0 Å². The van der Waals surface area contributed by atoms with E-state index in [9.17, 15) is 13.2 Å². The monoisotopic (exact) mass is 444 g/mol. The Kier molecular flexibility index (Phi) is 6.05. The number of hydrogen-bond acceptors (Lipinski definition) is 5. The average molecular weight is 445 g/mol. The van der Waals surface area contributed by atoms with Gasteiger partial charge in [-0.05, 0) is 74.7 Å². The molecule has 1 saturated heterocycles. The number of amides is 1. The summed E-state index contributed by atoms with van der Waals surface area (Å²) < 4.78 is 38.5. The minimum atomic E-state index is -3.64. The molecule has 166 valence electrons. The first kappa shape index (κ1) is 21.8. The third-order valence-electron chi connectivity index (χ3n) is 5.78. The quantitative estimate of drug-likeness (QED) is 0.724. The molecule has 0 aromatic heterocycles. The van der Waals surface area contributed by atoms with Crippen LogP contribution in [0.15, 0.2) is 47.4 Å². The molecule has 0 radical (unpaired) electrons. The molecule has 4 rings (SSSR count). The van der Waals surface area contributed by atoms with Gasteiger partial charge in [-0.1, -0.05) is 0 Å². The topological polar surface area (TPSA) is 76.2 Å². The Labute approximate surface area is 183 Å². The highest BCUT2D eigenvalue weighted by Crippen LogP contribution is 2.32. The van der Waals surface area contributed by atoms with Crippen LogP contribution in [0.3, 0.4) is 0 Å². The highest BCUT2D eigenvalue weighted by atomic mass is 32.2. The van der Waals surface area contributed by atoms with Crippen LogP contribution in [0.2, 0.25) is 0 Å². The van der Waals surface area contributed by atoms with E-state index in [0.29, 0.717) is 25.2 Å². The highest BCUT2D eigenvalue weighted by molar-refractivity contribution is 7.89. The zero-order chi connectivity index (χ0) is 22.2. The van der Waals surface area contributed by atoms with E-state index >= 15 is 0 Å². The van der Waals surface area contributed by atoms with Crippen molar-refractivity contribution in [2.45, 2.75) is 43.8 Å². The molecule has 0 N–H and O–H groups in total. The second-order valence-electron chi connectivity index (χ2n) is 8.16. The zero-order valence-corrected chi connectivity index (χ0v) is 18.9. The minimum Gasteiger partial charge on any atom is -0.497 e. The van der Waals surface area contributed by atoms with Crippen molar-refractivity contribution in [3.63, 3.8) is 0 Å². The summed E-state index contributed by atoms with van der Waals surface area (Å²) in [5.74, 6) is 0.637. The molecule has 2 unspecified atom stereocenters. The first-order valence-electron chi connectivity index (χ1n) is 10.5. The van der Waals surface area contributed by atoms with Crippen molar-refractivity contribution in [1.82, 2.24) is 4.31 Å². The van der Waals surface area contributed by atoms with Crippen LogP contribution in [0.25, 0.3) is 0 Å². The Bertz CT molecular complexity index is 1060. The van der Waals surface area contributed by atoms with Crippen LogP contribution in [0.5, 0.6) is 5.75 Å². The summed E-state index contributed by atoms with van der Waals surface area (Å²) in [6.07, 6.45) is 1.45. The molecular formula is C23H28N2O5S. The third kappa shape index (κ3) is 4.33. The van der Waals surface area contributed by atoms with Crippen molar-refractivity contribution in [3.8, 4) is 5.75 Å². The summed E-state index contributed by atoms with van der Waals surface area (Å²) in [6, 6.07) is 12.0. The van der Waals surface area contributed by atoms with Crippen molar-refractivity contribution in [3.05, 3.63) is 53.6 Å². The molecule has 0 spiro atoms. The maximum absolute atomic E-state index is 13.2. The van der Waals surface area contributed by atoms with Crippen LogP contribution in [-0.2, 0) is 21.2 Å². The van der Waals surface area contributed by atoms with Crippen LogP contribution in [-0.4, -0.2) is 57.6 Å². The van der Waals surface area contributed by atoms with Gasteiger partial charge in [0.25, 0.3) is 5.91 Å².